The second-order valence-corrected chi connectivity index (χ2v) is 6.14. The topological polar surface area (TPSA) is 75.6 Å². The molecule has 2 heterocycles. The first-order valence-corrected chi connectivity index (χ1v) is 8.28. The molecule has 0 unspecified atom stereocenters. The smallest absolute Gasteiger partial charge is 0.244 e. The number of nitrogens with one attached hydrogen (secondary N) is 2. The molecule has 6 nitrogen and oxygen atoms in total. The zero-order valence-corrected chi connectivity index (χ0v) is 14.3. The molecule has 0 radical (unpaired) electrons. The van der Waals surface area contributed by atoms with E-state index in [9.17, 15) is 4.79 Å². The highest BCUT2D eigenvalue weighted by Crippen LogP contribution is 2.19. The van der Waals surface area contributed by atoms with Crippen LogP contribution < -0.4 is 5.32 Å². The number of amides is 1. The summed E-state index contributed by atoms with van der Waals surface area (Å²) in [6, 6.07) is 5.70. The first-order valence-electron chi connectivity index (χ1n) is 8.28. The number of rotatable bonds is 6. The largest absolute Gasteiger partial charge is 0.354 e. The number of imidazole rings is 1. The van der Waals surface area contributed by atoms with Crippen LogP contribution in [0.4, 0.5) is 0 Å². The highest BCUT2D eigenvalue weighted by atomic mass is 16.2. The number of aromatic amines is 1. The highest BCUT2D eigenvalue weighted by molar-refractivity contribution is 5.80. The zero-order chi connectivity index (χ0) is 17.1. The number of aromatic nitrogens is 4. The van der Waals surface area contributed by atoms with E-state index in [1.807, 2.05) is 13.0 Å². The Hall–Kier alpha value is -2.63. The highest BCUT2D eigenvalue weighted by Gasteiger charge is 2.14. The molecular weight excluding hydrogens is 302 g/mol. The van der Waals surface area contributed by atoms with Gasteiger partial charge in [0.1, 0.15) is 11.9 Å². The van der Waals surface area contributed by atoms with E-state index in [2.05, 4.69) is 46.4 Å². The van der Waals surface area contributed by atoms with Gasteiger partial charge in [-0.05, 0) is 50.5 Å². The van der Waals surface area contributed by atoms with Gasteiger partial charge in [-0.3, -0.25) is 9.48 Å². The van der Waals surface area contributed by atoms with Gasteiger partial charge < -0.3 is 10.3 Å². The van der Waals surface area contributed by atoms with Crippen molar-refractivity contribution in [1.82, 2.24) is 25.1 Å². The van der Waals surface area contributed by atoms with Crippen molar-refractivity contribution in [3.63, 3.8) is 0 Å². The lowest BCUT2D eigenvalue weighted by molar-refractivity contribution is -0.124. The van der Waals surface area contributed by atoms with Crippen LogP contribution in [0.15, 0.2) is 30.6 Å². The Bertz CT molecular complexity index is 835. The summed E-state index contributed by atoms with van der Waals surface area (Å²) < 4.78 is 1.65. The van der Waals surface area contributed by atoms with Crippen molar-refractivity contribution in [3.05, 3.63) is 47.5 Å². The monoisotopic (exact) mass is 325 g/mol. The van der Waals surface area contributed by atoms with Crippen molar-refractivity contribution in [3.8, 4) is 0 Å². The van der Waals surface area contributed by atoms with E-state index in [1.54, 1.807) is 17.1 Å². The van der Waals surface area contributed by atoms with Crippen molar-refractivity contribution >= 4 is 16.9 Å². The molecule has 0 spiro atoms. The fraction of sp³-hybridized carbons (Fsp3) is 0.389. The number of benzene rings is 1. The number of carbonyl (C=O) groups excluding carboxylic acids is 1. The van der Waals surface area contributed by atoms with E-state index < -0.39 is 0 Å². The van der Waals surface area contributed by atoms with Crippen molar-refractivity contribution < 1.29 is 4.79 Å². The van der Waals surface area contributed by atoms with Gasteiger partial charge in [0, 0.05) is 25.4 Å². The molecule has 0 aliphatic carbocycles. The Balaban J connectivity index is 1.52. The molecule has 3 aromatic rings. The summed E-state index contributed by atoms with van der Waals surface area (Å²) in [7, 11) is 0. The van der Waals surface area contributed by atoms with Crippen LogP contribution in [0, 0.1) is 13.8 Å². The molecular formula is C18H23N5O. The number of aryl methyl sites for hydroxylation is 3. The average molecular weight is 325 g/mol. The lowest BCUT2D eigenvalue weighted by Gasteiger charge is -2.12. The van der Waals surface area contributed by atoms with Crippen LogP contribution in [0.3, 0.4) is 0 Å². The molecule has 126 valence electrons. The number of nitrogens with zero attached hydrogens (tertiary/aromatic N) is 3. The molecule has 2 aromatic heterocycles. The van der Waals surface area contributed by atoms with Crippen LogP contribution >= 0.6 is 0 Å². The van der Waals surface area contributed by atoms with Gasteiger partial charge in [0.05, 0.1) is 11.0 Å². The number of hydrogen-bond acceptors (Lipinski definition) is 3. The Labute approximate surface area is 141 Å². The van der Waals surface area contributed by atoms with E-state index in [0.29, 0.717) is 6.54 Å². The van der Waals surface area contributed by atoms with Gasteiger partial charge in [-0.2, -0.15) is 5.10 Å². The SMILES string of the molecule is Cc1ccc2[nH]c(CCCNC(=O)[C@@H](C)n3cccn3)nc2c1C. The molecule has 0 saturated carbocycles. The second-order valence-electron chi connectivity index (χ2n) is 6.14. The Morgan fingerprint density at radius 3 is 2.96 bits per heavy atom. The summed E-state index contributed by atoms with van der Waals surface area (Å²) in [6.45, 7) is 6.66. The predicted molar refractivity (Wildman–Crippen MR) is 93.8 cm³/mol. The maximum Gasteiger partial charge on any atom is 0.244 e. The maximum absolute atomic E-state index is 12.1. The minimum absolute atomic E-state index is 0.0187. The summed E-state index contributed by atoms with van der Waals surface area (Å²) in [5.41, 5.74) is 4.59. The first kappa shape index (κ1) is 16.2. The second kappa shape index (κ2) is 6.86. The molecule has 24 heavy (non-hydrogen) atoms. The number of fused-ring (bicyclic) bond motifs is 1. The van der Waals surface area contributed by atoms with Crippen molar-refractivity contribution in [2.24, 2.45) is 0 Å². The Morgan fingerprint density at radius 1 is 1.38 bits per heavy atom. The predicted octanol–water partition coefficient (Wildman–Crippen LogP) is 2.69. The third-order valence-corrected chi connectivity index (χ3v) is 4.42. The molecule has 0 aliphatic heterocycles. The summed E-state index contributed by atoms with van der Waals surface area (Å²) in [5, 5.41) is 7.05. The van der Waals surface area contributed by atoms with Crippen LogP contribution in [-0.2, 0) is 11.2 Å². The number of carbonyl (C=O) groups is 1. The first-order chi connectivity index (χ1) is 11.6. The fourth-order valence-corrected chi connectivity index (χ4v) is 2.73. The molecule has 0 saturated heterocycles. The van der Waals surface area contributed by atoms with Crippen LogP contribution in [-0.4, -0.2) is 32.2 Å². The molecule has 0 aliphatic rings. The van der Waals surface area contributed by atoms with E-state index in [-0.39, 0.29) is 11.9 Å². The molecule has 1 amide bonds. The summed E-state index contributed by atoms with van der Waals surface area (Å²) in [4.78, 5) is 20.1. The summed E-state index contributed by atoms with van der Waals surface area (Å²) in [6.07, 6.45) is 5.12. The number of H-pyrrole nitrogens is 1. The normalized spacial score (nSPS) is 12.5. The molecule has 6 heteroatoms. The quantitative estimate of drug-likeness (QED) is 0.684. The van der Waals surface area contributed by atoms with Gasteiger partial charge in [0.15, 0.2) is 0 Å². The zero-order valence-electron chi connectivity index (χ0n) is 14.3. The van der Waals surface area contributed by atoms with E-state index >= 15 is 0 Å². The van der Waals surface area contributed by atoms with Crippen molar-refractivity contribution in [2.45, 2.75) is 39.7 Å². The number of hydrogen-bond donors (Lipinski definition) is 2. The fourth-order valence-electron chi connectivity index (χ4n) is 2.73. The average Bonchev–Trinajstić information content (AvgIpc) is 3.24. The Morgan fingerprint density at radius 2 is 2.21 bits per heavy atom. The lowest BCUT2D eigenvalue weighted by atomic mass is 10.1. The molecule has 0 fully saturated rings. The summed E-state index contributed by atoms with van der Waals surface area (Å²) >= 11 is 0. The van der Waals surface area contributed by atoms with E-state index in [1.165, 1.54) is 11.1 Å². The molecule has 2 N–H and O–H groups in total. The molecule has 1 atom stereocenters. The van der Waals surface area contributed by atoms with Gasteiger partial charge in [-0.15, -0.1) is 0 Å². The van der Waals surface area contributed by atoms with Crippen LogP contribution in [0.5, 0.6) is 0 Å². The van der Waals surface area contributed by atoms with Gasteiger partial charge in [-0.25, -0.2) is 4.98 Å². The summed E-state index contributed by atoms with van der Waals surface area (Å²) in [5.74, 6) is 0.947. The van der Waals surface area contributed by atoms with Gasteiger partial charge in [0.25, 0.3) is 0 Å². The molecule has 0 bridgehead atoms. The standard InChI is InChI=1S/C18H23N5O/c1-12-7-8-15-17(13(12)2)22-16(21-15)6-4-9-19-18(24)14(3)23-11-5-10-20-23/h5,7-8,10-11,14H,4,6,9H2,1-3H3,(H,19,24)(H,21,22)/t14-/m1/s1. The minimum atomic E-state index is -0.295. The van der Waals surface area contributed by atoms with Crippen molar-refractivity contribution in [2.75, 3.05) is 6.54 Å². The van der Waals surface area contributed by atoms with Gasteiger partial charge in [-0.1, -0.05) is 6.07 Å². The van der Waals surface area contributed by atoms with Crippen LogP contribution in [0.1, 0.15) is 36.3 Å². The third kappa shape index (κ3) is 3.32. The van der Waals surface area contributed by atoms with Crippen LogP contribution in [0.2, 0.25) is 0 Å². The van der Waals surface area contributed by atoms with Gasteiger partial charge in [0.2, 0.25) is 5.91 Å². The van der Waals surface area contributed by atoms with Crippen LogP contribution in [0.25, 0.3) is 11.0 Å². The maximum atomic E-state index is 12.1. The van der Waals surface area contributed by atoms with Crippen molar-refractivity contribution in [1.29, 1.82) is 0 Å². The van der Waals surface area contributed by atoms with Gasteiger partial charge >= 0.3 is 0 Å². The van der Waals surface area contributed by atoms with E-state index in [4.69, 9.17) is 0 Å². The lowest BCUT2D eigenvalue weighted by Crippen LogP contribution is -2.32. The minimum Gasteiger partial charge on any atom is -0.354 e. The van der Waals surface area contributed by atoms with E-state index in [0.717, 1.165) is 29.7 Å². The molecule has 3 rings (SSSR count). The Kier molecular flexibility index (Phi) is 4.64. The third-order valence-electron chi connectivity index (χ3n) is 4.42. The molecule has 1 aromatic carbocycles.